The number of anilines is 1. The minimum atomic E-state index is -0.861. The van der Waals surface area contributed by atoms with E-state index < -0.39 is 12.3 Å². The number of ether oxygens (including phenoxy) is 1. The molecule has 7 nitrogen and oxygen atoms in total. The van der Waals surface area contributed by atoms with Crippen LogP contribution in [-0.2, 0) is 6.42 Å². The summed E-state index contributed by atoms with van der Waals surface area (Å²) in [7, 11) is 0. The van der Waals surface area contributed by atoms with E-state index in [4.69, 9.17) is 22.1 Å². The van der Waals surface area contributed by atoms with Gasteiger partial charge in [0.25, 0.3) is 0 Å². The average Bonchev–Trinajstić information content (AvgIpc) is 2.75. The quantitative estimate of drug-likeness (QED) is 0.493. The van der Waals surface area contributed by atoms with Crippen LogP contribution in [0.1, 0.15) is 18.4 Å². The fourth-order valence-electron chi connectivity index (χ4n) is 3.85. The fourth-order valence-corrected chi connectivity index (χ4v) is 4.02. The SMILES string of the molecule is NC(=O)Nc1cc(Cl)ccc1OCC(O)N1CCC(CO)(Cc2ccc(F)cc2)CC1. The molecule has 0 saturated carbocycles. The predicted octanol–water partition coefficient (Wildman–Crippen LogP) is 2.98. The summed E-state index contributed by atoms with van der Waals surface area (Å²) < 4.78 is 18.8. The van der Waals surface area contributed by atoms with Crippen molar-refractivity contribution in [3.05, 3.63) is 58.9 Å². The van der Waals surface area contributed by atoms with Gasteiger partial charge in [-0.15, -0.1) is 0 Å². The van der Waals surface area contributed by atoms with Gasteiger partial charge >= 0.3 is 6.03 Å². The maximum atomic E-state index is 13.2. The summed E-state index contributed by atoms with van der Waals surface area (Å²) >= 11 is 5.95. The smallest absolute Gasteiger partial charge is 0.316 e. The predicted molar refractivity (Wildman–Crippen MR) is 117 cm³/mol. The van der Waals surface area contributed by atoms with Gasteiger partial charge in [0.05, 0.1) is 5.69 Å². The number of carbonyl (C=O) groups is 1. The maximum absolute atomic E-state index is 13.2. The second-order valence-corrected chi connectivity index (χ2v) is 8.36. The van der Waals surface area contributed by atoms with E-state index in [0.29, 0.717) is 48.8 Å². The number of aliphatic hydroxyl groups is 2. The molecular formula is C22H27ClFN3O4. The zero-order chi connectivity index (χ0) is 22.4. The van der Waals surface area contributed by atoms with Gasteiger partial charge in [-0.05, 0) is 60.6 Å². The number of amides is 2. The van der Waals surface area contributed by atoms with Crippen LogP contribution < -0.4 is 15.8 Å². The molecule has 1 atom stereocenters. The zero-order valence-corrected chi connectivity index (χ0v) is 17.8. The van der Waals surface area contributed by atoms with Crippen LogP contribution in [0.25, 0.3) is 0 Å². The van der Waals surface area contributed by atoms with E-state index in [0.717, 1.165) is 5.56 Å². The normalized spacial score (nSPS) is 17.2. The highest BCUT2D eigenvalue weighted by Gasteiger charge is 2.36. The van der Waals surface area contributed by atoms with Crippen molar-refractivity contribution in [2.45, 2.75) is 25.5 Å². The minimum Gasteiger partial charge on any atom is -0.487 e. The molecule has 2 aromatic carbocycles. The van der Waals surface area contributed by atoms with Gasteiger partial charge in [0.2, 0.25) is 0 Å². The molecule has 9 heteroatoms. The number of piperidine rings is 1. The number of nitrogens with zero attached hydrogens (tertiary/aromatic N) is 1. The number of halogens is 2. The number of likely N-dealkylation sites (tertiary alicyclic amines) is 1. The van der Waals surface area contributed by atoms with E-state index in [-0.39, 0.29) is 24.4 Å². The topological polar surface area (TPSA) is 108 Å². The Bertz CT molecular complexity index is 889. The van der Waals surface area contributed by atoms with E-state index in [1.54, 1.807) is 24.3 Å². The number of rotatable bonds is 8. The molecule has 1 unspecified atom stereocenters. The minimum absolute atomic E-state index is 0.0147. The van der Waals surface area contributed by atoms with Gasteiger partial charge in [-0.1, -0.05) is 23.7 Å². The van der Waals surface area contributed by atoms with Crippen molar-refractivity contribution in [1.82, 2.24) is 4.90 Å². The summed E-state index contributed by atoms with van der Waals surface area (Å²) in [6, 6.07) is 10.3. The largest absolute Gasteiger partial charge is 0.487 e. The molecule has 2 amide bonds. The van der Waals surface area contributed by atoms with Crippen LogP contribution in [-0.4, -0.2) is 53.7 Å². The third-order valence-corrected chi connectivity index (χ3v) is 5.93. The van der Waals surface area contributed by atoms with Gasteiger partial charge in [0.15, 0.2) is 0 Å². The summed E-state index contributed by atoms with van der Waals surface area (Å²) in [6.45, 7) is 1.18. The van der Waals surface area contributed by atoms with Crippen molar-refractivity contribution in [3.63, 3.8) is 0 Å². The maximum Gasteiger partial charge on any atom is 0.316 e. The molecule has 0 radical (unpaired) electrons. The molecular weight excluding hydrogens is 425 g/mol. The molecule has 2 aromatic rings. The van der Waals surface area contributed by atoms with Crippen molar-refractivity contribution in [2.75, 3.05) is 31.6 Å². The van der Waals surface area contributed by atoms with Crippen molar-refractivity contribution in [1.29, 1.82) is 0 Å². The lowest BCUT2D eigenvalue weighted by atomic mass is 9.74. The van der Waals surface area contributed by atoms with Crippen molar-refractivity contribution in [3.8, 4) is 5.75 Å². The average molecular weight is 452 g/mol. The first-order valence-corrected chi connectivity index (χ1v) is 10.4. The van der Waals surface area contributed by atoms with Gasteiger partial charge in [0, 0.05) is 24.7 Å². The highest BCUT2D eigenvalue weighted by atomic mass is 35.5. The number of carbonyl (C=O) groups excluding carboxylic acids is 1. The summed E-state index contributed by atoms with van der Waals surface area (Å²) in [4.78, 5) is 13.1. The number of primary amides is 1. The molecule has 0 aliphatic carbocycles. The second kappa shape index (κ2) is 10.3. The summed E-state index contributed by atoms with van der Waals surface area (Å²) in [5.74, 6) is 0.0647. The Hall–Kier alpha value is -2.39. The first-order chi connectivity index (χ1) is 14.8. The number of hydrogen-bond donors (Lipinski definition) is 4. The Labute approximate surface area is 185 Å². The Morgan fingerprint density at radius 3 is 2.55 bits per heavy atom. The molecule has 3 rings (SSSR count). The van der Waals surface area contributed by atoms with E-state index in [2.05, 4.69) is 5.32 Å². The zero-order valence-electron chi connectivity index (χ0n) is 17.1. The molecule has 0 aromatic heterocycles. The molecule has 1 heterocycles. The molecule has 0 bridgehead atoms. The number of nitrogens with two attached hydrogens (primary N) is 1. The monoisotopic (exact) mass is 451 g/mol. The van der Waals surface area contributed by atoms with Gasteiger partial charge in [-0.2, -0.15) is 0 Å². The Kier molecular flexibility index (Phi) is 7.72. The Balaban J connectivity index is 1.56. The molecule has 1 aliphatic rings. The highest BCUT2D eigenvalue weighted by molar-refractivity contribution is 6.31. The first-order valence-electron chi connectivity index (χ1n) is 10.1. The number of nitrogens with one attached hydrogen (secondary N) is 1. The van der Waals surface area contributed by atoms with E-state index in [1.165, 1.54) is 18.2 Å². The third-order valence-electron chi connectivity index (χ3n) is 5.70. The number of benzene rings is 2. The number of urea groups is 1. The number of hydrogen-bond acceptors (Lipinski definition) is 5. The highest BCUT2D eigenvalue weighted by Crippen LogP contribution is 2.35. The molecule has 31 heavy (non-hydrogen) atoms. The Morgan fingerprint density at radius 2 is 1.94 bits per heavy atom. The van der Waals surface area contributed by atoms with E-state index >= 15 is 0 Å². The molecule has 168 valence electrons. The second-order valence-electron chi connectivity index (χ2n) is 7.92. The van der Waals surface area contributed by atoms with Crippen molar-refractivity contribution >= 4 is 23.3 Å². The Morgan fingerprint density at radius 1 is 1.26 bits per heavy atom. The van der Waals surface area contributed by atoms with Crippen LogP contribution >= 0.6 is 11.6 Å². The van der Waals surface area contributed by atoms with Crippen LogP contribution in [0, 0.1) is 11.2 Å². The van der Waals surface area contributed by atoms with Crippen molar-refractivity contribution in [2.24, 2.45) is 11.1 Å². The fraction of sp³-hybridized carbons (Fsp3) is 0.409. The van der Waals surface area contributed by atoms with Gasteiger partial charge in [-0.3, -0.25) is 4.90 Å². The summed E-state index contributed by atoms with van der Waals surface area (Å²) in [5.41, 5.74) is 6.17. The molecule has 5 N–H and O–H groups in total. The lowest BCUT2D eigenvalue weighted by Gasteiger charge is -2.42. The third kappa shape index (κ3) is 6.30. The number of aliphatic hydroxyl groups excluding tert-OH is 2. The molecule has 1 saturated heterocycles. The van der Waals surface area contributed by atoms with Gasteiger partial charge < -0.3 is 26.0 Å². The molecule has 1 fully saturated rings. The van der Waals surface area contributed by atoms with Crippen LogP contribution in [0.5, 0.6) is 5.75 Å². The van der Waals surface area contributed by atoms with E-state index in [9.17, 15) is 19.4 Å². The summed E-state index contributed by atoms with van der Waals surface area (Å²) in [6.07, 6.45) is 1.16. The standard InChI is InChI=1S/C22H27ClFN3O4/c23-16-3-6-19(18(11-16)26-21(25)30)31-13-20(29)27-9-7-22(14-28,8-10-27)12-15-1-4-17(24)5-2-15/h1-6,11,20,28-29H,7-10,12-14H2,(H3,25,26,30). The molecule has 0 spiro atoms. The van der Waals surface area contributed by atoms with Crippen LogP contribution in [0.4, 0.5) is 14.9 Å². The van der Waals surface area contributed by atoms with Crippen LogP contribution in [0.15, 0.2) is 42.5 Å². The van der Waals surface area contributed by atoms with Gasteiger partial charge in [0.1, 0.15) is 24.4 Å². The summed E-state index contributed by atoms with van der Waals surface area (Å²) in [5, 5.41) is 23.5. The lowest BCUT2D eigenvalue weighted by molar-refractivity contribution is -0.0651. The van der Waals surface area contributed by atoms with Crippen LogP contribution in [0.3, 0.4) is 0 Å². The van der Waals surface area contributed by atoms with Gasteiger partial charge in [-0.25, -0.2) is 9.18 Å². The van der Waals surface area contributed by atoms with Crippen molar-refractivity contribution < 1.29 is 24.1 Å². The molecule has 1 aliphatic heterocycles. The first kappa shape index (κ1) is 23.3. The lowest BCUT2D eigenvalue weighted by Crippen LogP contribution is -2.49. The van der Waals surface area contributed by atoms with Crippen LogP contribution in [0.2, 0.25) is 5.02 Å². The van der Waals surface area contributed by atoms with E-state index in [1.807, 2.05) is 4.90 Å².